The van der Waals surface area contributed by atoms with E-state index in [0.29, 0.717) is 29.5 Å². The number of hydrogen-bond donors (Lipinski definition) is 3. The Bertz CT molecular complexity index is 1320. The molecule has 37 heavy (non-hydrogen) atoms. The molecule has 198 valence electrons. The van der Waals surface area contributed by atoms with Crippen LogP contribution in [-0.2, 0) is 26.0 Å². The highest BCUT2D eigenvalue weighted by molar-refractivity contribution is 7.91. The van der Waals surface area contributed by atoms with Gasteiger partial charge in [-0.3, -0.25) is 24.8 Å². The molecule has 0 atom stereocenters. The smallest absolute Gasteiger partial charge is 0.413 e. The monoisotopic (exact) mass is 569 g/mol. The molecule has 0 spiro atoms. The quantitative estimate of drug-likeness (QED) is 0.395. The summed E-state index contributed by atoms with van der Waals surface area (Å²) in [6, 6.07) is 11.0. The van der Waals surface area contributed by atoms with Crippen molar-refractivity contribution in [3.05, 3.63) is 63.6 Å². The first-order valence-corrected chi connectivity index (χ1v) is 13.4. The maximum Gasteiger partial charge on any atom is 0.413 e. The summed E-state index contributed by atoms with van der Waals surface area (Å²) in [6.07, 6.45) is -1.06. The van der Waals surface area contributed by atoms with Gasteiger partial charge < -0.3 is 15.3 Å². The van der Waals surface area contributed by atoms with Gasteiger partial charge in [0.05, 0.1) is 36.1 Å². The van der Waals surface area contributed by atoms with E-state index in [1.165, 1.54) is 28.0 Å². The van der Waals surface area contributed by atoms with E-state index in [-0.39, 0.29) is 35.5 Å². The summed E-state index contributed by atoms with van der Waals surface area (Å²) in [4.78, 5) is 42.5. The summed E-state index contributed by atoms with van der Waals surface area (Å²) in [5.74, 6) is -1.04. The molecule has 0 aromatic heterocycles. The summed E-state index contributed by atoms with van der Waals surface area (Å²) in [7, 11) is -2.21. The number of likely N-dealkylation sites (N-methyl/N-ethyl adjacent to an activating group) is 1. The zero-order chi connectivity index (χ0) is 27.2. The number of nitrogens with one attached hydrogen (secondary N) is 2. The van der Waals surface area contributed by atoms with Gasteiger partial charge in [0.1, 0.15) is 11.7 Å². The Kier molecular flexibility index (Phi) is 9.49. The van der Waals surface area contributed by atoms with E-state index in [4.69, 9.17) is 23.2 Å². The predicted octanol–water partition coefficient (Wildman–Crippen LogP) is 1.83. The van der Waals surface area contributed by atoms with Crippen LogP contribution < -0.4 is 10.6 Å². The Morgan fingerprint density at radius 3 is 2.46 bits per heavy atom. The van der Waals surface area contributed by atoms with Crippen LogP contribution in [0.2, 0.25) is 10.0 Å². The fourth-order valence-corrected chi connectivity index (χ4v) is 5.40. The van der Waals surface area contributed by atoms with Gasteiger partial charge in [0.25, 0.3) is 0 Å². The van der Waals surface area contributed by atoms with Gasteiger partial charge in [0.15, 0.2) is 9.84 Å². The number of sulfone groups is 1. The molecule has 0 bridgehead atoms. The SMILES string of the molecule is CN(Cc1ccc(C2=NCCN2C(=O)O)cc1)C(=O)CNC(=O)CNCS(=O)(=O)c1ccc(Cl)cc1Cl. The van der Waals surface area contributed by atoms with Crippen molar-refractivity contribution in [2.45, 2.75) is 11.4 Å². The topological polar surface area (TPSA) is 148 Å². The molecule has 0 aliphatic carbocycles. The highest BCUT2D eigenvalue weighted by Gasteiger charge is 2.24. The zero-order valence-electron chi connectivity index (χ0n) is 19.8. The maximum absolute atomic E-state index is 12.4. The van der Waals surface area contributed by atoms with Crippen molar-refractivity contribution >= 4 is 56.8 Å². The highest BCUT2D eigenvalue weighted by Crippen LogP contribution is 2.25. The molecule has 3 N–H and O–H groups in total. The fourth-order valence-electron chi connectivity index (χ4n) is 3.48. The van der Waals surface area contributed by atoms with Crippen molar-refractivity contribution in [3.63, 3.8) is 0 Å². The molecular weight excluding hydrogens is 545 g/mol. The number of carbonyl (C=O) groups excluding carboxylic acids is 2. The first-order chi connectivity index (χ1) is 17.5. The third kappa shape index (κ3) is 7.65. The molecule has 0 fully saturated rings. The Morgan fingerprint density at radius 1 is 1.11 bits per heavy atom. The number of amides is 3. The summed E-state index contributed by atoms with van der Waals surface area (Å²) < 4.78 is 24.8. The van der Waals surface area contributed by atoms with E-state index in [1.54, 1.807) is 31.3 Å². The minimum atomic E-state index is -3.79. The lowest BCUT2D eigenvalue weighted by Gasteiger charge is -2.18. The number of carboxylic acid groups (broad SMARTS) is 1. The van der Waals surface area contributed by atoms with Gasteiger partial charge in [-0.25, -0.2) is 13.2 Å². The lowest BCUT2D eigenvalue weighted by molar-refractivity contribution is -0.132. The number of aliphatic imine (C=N–C) groups is 1. The van der Waals surface area contributed by atoms with Crippen molar-refractivity contribution in [1.82, 2.24) is 20.4 Å². The Morgan fingerprint density at radius 2 is 1.81 bits per heavy atom. The Balaban J connectivity index is 1.43. The minimum Gasteiger partial charge on any atom is -0.465 e. The van der Waals surface area contributed by atoms with E-state index in [2.05, 4.69) is 15.6 Å². The fraction of sp³-hybridized carbons (Fsp3) is 0.304. The van der Waals surface area contributed by atoms with Gasteiger partial charge in [-0.2, -0.15) is 0 Å². The lowest BCUT2D eigenvalue weighted by Crippen LogP contribution is -2.42. The van der Waals surface area contributed by atoms with Crippen LogP contribution in [-0.4, -0.2) is 86.2 Å². The molecule has 1 aliphatic rings. The molecule has 2 aromatic carbocycles. The first kappa shape index (κ1) is 28.4. The van der Waals surface area contributed by atoms with Crippen molar-refractivity contribution in [3.8, 4) is 0 Å². The normalized spacial score (nSPS) is 13.3. The van der Waals surface area contributed by atoms with Gasteiger partial charge in [-0.05, 0) is 23.8 Å². The largest absolute Gasteiger partial charge is 0.465 e. The molecule has 14 heteroatoms. The second-order valence-electron chi connectivity index (χ2n) is 8.12. The third-order valence-corrected chi connectivity index (χ3v) is 7.64. The zero-order valence-corrected chi connectivity index (χ0v) is 22.1. The lowest BCUT2D eigenvalue weighted by atomic mass is 10.1. The molecule has 2 aromatic rings. The van der Waals surface area contributed by atoms with Crippen molar-refractivity contribution in [2.24, 2.45) is 4.99 Å². The highest BCUT2D eigenvalue weighted by atomic mass is 35.5. The van der Waals surface area contributed by atoms with Crippen LogP contribution in [0.1, 0.15) is 11.1 Å². The van der Waals surface area contributed by atoms with Crippen LogP contribution in [0.5, 0.6) is 0 Å². The van der Waals surface area contributed by atoms with Gasteiger partial charge in [-0.15, -0.1) is 0 Å². The molecule has 3 rings (SSSR count). The summed E-state index contributed by atoms with van der Waals surface area (Å²) >= 11 is 11.7. The van der Waals surface area contributed by atoms with Crippen molar-refractivity contribution < 1.29 is 27.9 Å². The van der Waals surface area contributed by atoms with Crippen molar-refractivity contribution in [2.75, 3.05) is 39.1 Å². The molecule has 1 heterocycles. The number of hydrogen-bond acceptors (Lipinski definition) is 7. The summed E-state index contributed by atoms with van der Waals surface area (Å²) in [5.41, 5.74) is 1.47. The minimum absolute atomic E-state index is 0.0171. The molecule has 0 saturated heterocycles. The number of halogens is 2. The van der Waals surface area contributed by atoms with Gasteiger partial charge in [0, 0.05) is 24.2 Å². The van der Waals surface area contributed by atoms with E-state index < -0.39 is 27.7 Å². The van der Waals surface area contributed by atoms with Gasteiger partial charge >= 0.3 is 6.09 Å². The molecule has 1 aliphatic heterocycles. The number of amidine groups is 1. The van der Waals surface area contributed by atoms with E-state index in [9.17, 15) is 27.9 Å². The van der Waals surface area contributed by atoms with E-state index >= 15 is 0 Å². The van der Waals surface area contributed by atoms with Gasteiger partial charge in [-0.1, -0.05) is 47.5 Å². The van der Waals surface area contributed by atoms with Crippen molar-refractivity contribution in [1.29, 1.82) is 0 Å². The summed E-state index contributed by atoms with van der Waals surface area (Å²) in [6.45, 7) is 0.406. The van der Waals surface area contributed by atoms with Crippen LogP contribution in [0.3, 0.4) is 0 Å². The number of benzene rings is 2. The van der Waals surface area contributed by atoms with Crippen LogP contribution in [0.15, 0.2) is 52.4 Å². The Hall–Kier alpha value is -3.19. The summed E-state index contributed by atoms with van der Waals surface area (Å²) in [5, 5.41) is 14.5. The van der Waals surface area contributed by atoms with Gasteiger partial charge in [0.2, 0.25) is 11.8 Å². The van der Waals surface area contributed by atoms with Crippen LogP contribution >= 0.6 is 23.2 Å². The number of carbonyl (C=O) groups is 3. The Labute approximate surface area is 224 Å². The average molecular weight is 570 g/mol. The molecule has 11 nitrogen and oxygen atoms in total. The average Bonchev–Trinajstić information content (AvgIpc) is 3.33. The molecular formula is C23H25Cl2N5O6S. The first-order valence-electron chi connectivity index (χ1n) is 11.0. The predicted molar refractivity (Wildman–Crippen MR) is 139 cm³/mol. The standard InChI is InChI=1S/C23H25Cl2N5O6S/c1-29(13-15-2-4-16(5-3-15)22-27-8-9-30(22)23(33)34)21(32)12-28-20(31)11-26-14-37(35,36)19-7-6-17(24)10-18(19)25/h2-7,10,26H,8-9,11-14H2,1H3,(H,28,31)(H,33,34). The second-order valence-corrected chi connectivity index (χ2v) is 10.9. The molecule has 3 amide bonds. The molecule has 0 radical (unpaired) electrons. The number of rotatable bonds is 10. The second kappa shape index (κ2) is 12.4. The maximum atomic E-state index is 12.4. The molecule has 0 saturated carbocycles. The number of nitrogens with zero attached hydrogens (tertiary/aromatic N) is 3. The third-order valence-electron chi connectivity index (χ3n) is 5.37. The van der Waals surface area contributed by atoms with E-state index in [1.807, 2.05) is 0 Å². The van der Waals surface area contributed by atoms with Crippen LogP contribution in [0.4, 0.5) is 4.79 Å². The molecule has 0 unspecified atom stereocenters. The van der Waals surface area contributed by atoms with E-state index in [0.717, 1.165) is 5.56 Å². The van der Waals surface area contributed by atoms with Crippen LogP contribution in [0, 0.1) is 0 Å². The van der Waals surface area contributed by atoms with Crippen LogP contribution in [0.25, 0.3) is 0 Å².